The fourth-order valence-electron chi connectivity index (χ4n) is 2.44. The number of allylic oxidation sites excluding steroid dienone is 1. The highest BCUT2D eigenvalue weighted by Gasteiger charge is 2.12. The van der Waals surface area contributed by atoms with Gasteiger partial charge in [-0.1, -0.05) is 33.1 Å². The maximum atomic E-state index is 12.1. The quantitative estimate of drug-likeness (QED) is 0.358. The monoisotopic (exact) mass is 345 g/mol. The number of nitriles is 1. The van der Waals surface area contributed by atoms with Gasteiger partial charge in [-0.05, 0) is 36.1 Å². The first-order chi connectivity index (χ1) is 12.1. The summed E-state index contributed by atoms with van der Waals surface area (Å²) in [6.07, 6.45) is 5.50. The molecule has 136 valence electrons. The molecule has 0 saturated heterocycles. The van der Waals surface area contributed by atoms with E-state index in [4.69, 9.17) is 14.2 Å². The molecule has 0 saturated carbocycles. The van der Waals surface area contributed by atoms with Gasteiger partial charge in [0.2, 0.25) is 0 Å². The predicted molar refractivity (Wildman–Crippen MR) is 97.4 cm³/mol. The number of hydrogen-bond acceptors (Lipinski definition) is 5. The second kappa shape index (κ2) is 11.1. The zero-order valence-electron chi connectivity index (χ0n) is 15.5. The molecule has 0 amide bonds. The van der Waals surface area contributed by atoms with Crippen LogP contribution in [0.3, 0.4) is 0 Å². The zero-order valence-corrected chi connectivity index (χ0v) is 15.5. The third-order valence-corrected chi connectivity index (χ3v) is 4.08. The van der Waals surface area contributed by atoms with Crippen molar-refractivity contribution in [2.24, 2.45) is 5.92 Å². The first-order valence-electron chi connectivity index (χ1n) is 8.60. The SMILES string of the molecule is CCCCC(CC)COC(=O)C=C(C#N)c1ccc(OC)c(OC)c1. The standard InChI is InChI=1S/C20H27NO4/c1-5-7-8-15(6-2)14-25-20(22)12-17(13-21)16-9-10-18(23-3)19(11-16)24-4/h9-12,15H,5-8,14H2,1-4H3. The number of benzene rings is 1. The Bertz CT molecular complexity index is 631. The molecule has 0 aliphatic rings. The number of carbonyl (C=O) groups excluding carboxylic acids is 1. The van der Waals surface area contributed by atoms with Gasteiger partial charge in [-0.2, -0.15) is 5.26 Å². The number of ether oxygens (including phenoxy) is 3. The summed E-state index contributed by atoms with van der Waals surface area (Å²) in [5.74, 6) is 0.929. The highest BCUT2D eigenvalue weighted by atomic mass is 16.5. The number of unbranched alkanes of at least 4 members (excludes halogenated alkanes) is 1. The van der Waals surface area contributed by atoms with Crippen LogP contribution in [0.4, 0.5) is 0 Å². The molecule has 1 unspecified atom stereocenters. The lowest BCUT2D eigenvalue weighted by Crippen LogP contribution is -2.12. The van der Waals surface area contributed by atoms with E-state index in [0.29, 0.717) is 29.6 Å². The second-order valence-electron chi connectivity index (χ2n) is 5.79. The highest BCUT2D eigenvalue weighted by molar-refractivity contribution is 5.95. The van der Waals surface area contributed by atoms with Crippen molar-refractivity contribution in [2.75, 3.05) is 20.8 Å². The molecule has 25 heavy (non-hydrogen) atoms. The van der Waals surface area contributed by atoms with E-state index < -0.39 is 5.97 Å². The molecule has 1 atom stereocenters. The van der Waals surface area contributed by atoms with E-state index in [0.717, 1.165) is 25.7 Å². The van der Waals surface area contributed by atoms with E-state index >= 15 is 0 Å². The molecule has 0 aliphatic heterocycles. The summed E-state index contributed by atoms with van der Waals surface area (Å²) >= 11 is 0. The molecule has 1 aromatic carbocycles. The minimum Gasteiger partial charge on any atom is -0.493 e. The van der Waals surface area contributed by atoms with Crippen LogP contribution in [-0.2, 0) is 9.53 Å². The molecule has 0 bridgehead atoms. The van der Waals surface area contributed by atoms with Gasteiger partial charge >= 0.3 is 5.97 Å². The minimum atomic E-state index is -0.499. The van der Waals surface area contributed by atoms with Gasteiger partial charge in [0.15, 0.2) is 11.5 Å². The third kappa shape index (κ3) is 6.50. The Morgan fingerprint density at radius 3 is 2.52 bits per heavy atom. The Kier molecular flexibility index (Phi) is 9.16. The molecule has 0 radical (unpaired) electrons. The van der Waals surface area contributed by atoms with Crippen LogP contribution < -0.4 is 9.47 Å². The average Bonchev–Trinajstić information content (AvgIpc) is 2.65. The Balaban J connectivity index is 2.81. The Morgan fingerprint density at radius 1 is 1.24 bits per heavy atom. The van der Waals surface area contributed by atoms with Crippen LogP contribution in [0.1, 0.15) is 45.1 Å². The summed E-state index contributed by atoms with van der Waals surface area (Å²) in [5.41, 5.74) is 0.808. The van der Waals surface area contributed by atoms with Crippen molar-refractivity contribution in [1.29, 1.82) is 5.26 Å². The van der Waals surface area contributed by atoms with Crippen LogP contribution >= 0.6 is 0 Å². The van der Waals surface area contributed by atoms with Crippen molar-refractivity contribution in [3.05, 3.63) is 29.8 Å². The van der Waals surface area contributed by atoms with Crippen molar-refractivity contribution >= 4 is 11.5 Å². The van der Waals surface area contributed by atoms with E-state index in [2.05, 4.69) is 13.8 Å². The number of carbonyl (C=O) groups is 1. The lowest BCUT2D eigenvalue weighted by Gasteiger charge is -2.14. The minimum absolute atomic E-state index is 0.229. The van der Waals surface area contributed by atoms with Gasteiger partial charge < -0.3 is 14.2 Å². The number of methoxy groups -OCH3 is 2. The van der Waals surface area contributed by atoms with Gasteiger partial charge in [0.25, 0.3) is 0 Å². The largest absolute Gasteiger partial charge is 0.493 e. The van der Waals surface area contributed by atoms with Crippen LogP contribution in [0, 0.1) is 17.2 Å². The molecule has 5 heteroatoms. The summed E-state index contributed by atoms with van der Waals surface area (Å²) in [5, 5.41) is 9.36. The van der Waals surface area contributed by atoms with Crippen LogP contribution in [0.25, 0.3) is 5.57 Å². The van der Waals surface area contributed by atoms with Gasteiger partial charge in [0.1, 0.15) is 6.07 Å². The molecule has 0 N–H and O–H groups in total. The molecule has 0 aromatic heterocycles. The molecule has 1 aromatic rings. The molecule has 0 heterocycles. The molecular formula is C20H27NO4. The molecule has 0 fully saturated rings. The highest BCUT2D eigenvalue weighted by Crippen LogP contribution is 2.30. The predicted octanol–water partition coefficient (Wildman–Crippen LogP) is 4.37. The summed E-state index contributed by atoms with van der Waals surface area (Å²) < 4.78 is 15.7. The summed E-state index contributed by atoms with van der Waals surface area (Å²) in [4.78, 5) is 12.1. The van der Waals surface area contributed by atoms with Crippen molar-refractivity contribution < 1.29 is 19.0 Å². The van der Waals surface area contributed by atoms with Crippen molar-refractivity contribution in [3.8, 4) is 17.6 Å². The molecule has 0 spiro atoms. The fourth-order valence-corrected chi connectivity index (χ4v) is 2.44. The van der Waals surface area contributed by atoms with Crippen LogP contribution in [0.5, 0.6) is 11.5 Å². The summed E-state index contributed by atoms with van der Waals surface area (Å²) in [6.45, 7) is 4.62. The number of nitrogens with zero attached hydrogens (tertiary/aromatic N) is 1. The average molecular weight is 345 g/mol. The van der Waals surface area contributed by atoms with E-state index in [1.807, 2.05) is 6.07 Å². The lowest BCUT2D eigenvalue weighted by atomic mass is 10.0. The van der Waals surface area contributed by atoms with E-state index in [1.54, 1.807) is 25.3 Å². The number of hydrogen-bond donors (Lipinski definition) is 0. The van der Waals surface area contributed by atoms with Crippen molar-refractivity contribution in [3.63, 3.8) is 0 Å². The lowest BCUT2D eigenvalue weighted by molar-refractivity contribution is -0.139. The number of rotatable bonds is 10. The van der Waals surface area contributed by atoms with Crippen molar-refractivity contribution in [2.45, 2.75) is 39.5 Å². The van der Waals surface area contributed by atoms with Gasteiger partial charge in [-0.15, -0.1) is 0 Å². The Labute approximate surface area is 150 Å². The van der Waals surface area contributed by atoms with Gasteiger partial charge in [-0.25, -0.2) is 4.79 Å². The van der Waals surface area contributed by atoms with Gasteiger partial charge in [0, 0.05) is 6.08 Å². The maximum Gasteiger partial charge on any atom is 0.332 e. The first-order valence-corrected chi connectivity index (χ1v) is 8.60. The number of esters is 1. The van der Waals surface area contributed by atoms with Gasteiger partial charge in [-0.3, -0.25) is 0 Å². The Hall–Kier alpha value is -2.48. The maximum absolute atomic E-state index is 12.1. The topological polar surface area (TPSA) is 68.6 Å². The van der Waals surface area contributed by atoms with Crippen LogP contribution in [0.15, 0.2) is 24.3 Å². The van der Waals surface area contributed by atoms with Crippen LogP contribution in [0.2, 0.25) is 0 Å². The van der Waals surface area contributed by atoms with E-state index in [-0.39, 0.29) is 5.57 Å². The molecule has 1 rings (SSSR count). The molecule has 0 aliphatic carbocycles. The zero-order chi connectivity index (χ0) is 18.7. The summed E-state index contributed by atoms with van der Waals surface area (Å²) in [7, 11) is 3.06. The molecular weight excluding hydrogens is 318 g/mol. The Morgan fingerprint density at radius 2 is 1.96 bits per heavy atom. The van der Waals surface area contributed by atoms with Gasteiger partial charge in [0.05, 0.1) is 26.4 Å². The van der Waals surface area contributed by atoms with E-state index in [1.165, 1.54) is 13.2 Å². The first kappa shape index (κ1) is 20.6. The normalized spacial score (nSPS) is 12.2. The smallest absolute Gasteiger partial charge is 0.332 e. The summed E-state index contributed by atoms with van der Waals surface area (Å²) in [6, 6.07) is 7.11. The second-order valence-corrected chi connectivity index (χ2v) is 5.79. The van der Waals surface area contributed by atoms with E-state index in [9.17, 15) is 10.1 Å². The van der Waals surface area contributed by atoms with Crippen LogP contribution in [-0.4, -0.2) is 26.8 Å². The third-order valence-electron chi connectivity index (χ3n) is 4.08. The van der Waals surface area contributed by atoms with Crippen molar-refractivity contribution in [1.82, 2.24) is 0 Å². The fraction of sp³-hybridized carbons (Fsp3) is 0.500. The molecule has 5 nitrogen and oxygen atoms in total.